The van der Waals surface area contributed by atoms with Gasteiger partial charge in [0.15, 0.2) is 0 Å². The van der Waals surface area contributed by atoms with Crippen molar-refractivity contribution < 1.29 is 4.79 Å². The van der Waals surface area contributed by atoms with Gasteiger partial charge in [-0.1, -0.05) is 13.8 Å². The van der Waals surface area contributed by atoms with Gasteiger partial charge in [-0.15, -0.1) is 0 Å². The van der Waals surface area contributed by atoms with Crippen LogP contribution >= 0.6 is 0 Å². The second-order valence-electron chi connectivity index (χ2n) is 6.16. The number of rotatable bonds is 4. The molecule has 92 valence electrons. The fourth-order valence-electron chi connectivity index (χ4n) is 2.45. The molecule has 16 heavy (non-hydrogen) atoms. The van der Waals surface area contributed by atoms with E-state index >= 15 is 0 Å². The molecule has 1 heterocycles. The van der Waals surface area contributed by atoms with Gasteiger partial charge in [0.1, 0.15) is 0 Å². The summed E-state index contributed by atoms with van der Waals surface area (Å²) in [7, 11) is 0. The molecule has 3 nitrogen and oxygen atoms in total. The lowest BCUT2D eigenvalue weighted by molar-refractivity contribution is -0.133. The molecule has 1 saturated heterocycles. The first-order valence-corrected chi connectivity index (χ1v) is 6.55. The largest absolute Gasteiger partial charge is 0.341 e. The first-order valence-electron chi connectivity index (χ1n) is 6.55. The molecule has 0 aromatic heterocycles. The second kappa shape index (κ2) is 4.74. The van der Waals surface area contributed by atoms with Crippen LogP contribution in [0.1, 0.15) is 39.5 Å². The predicted octanol–water partition coefficient (Wildman–Crippen LogP) is 1.63. The summed E-state index contributed by atoms with van der Waals surface area (Å²) in [5.41, 5.74) is 0.310. The van der Waals surface area contributed by atoms with Crippen LogP contribution in [0.25, 0.3) is 0 Å². The van der Waals surface area contributed by atoms with Crippen molar-refractivity contribution in [2.24, 2.45) is 11.3 Å². The van der Waals surface area contributed by atoms with Gasteiger partial charge in [-0.3, -0.25) is 4.79 Å². The summed E-state index contributed by atoms with van der Waals surface area (Å²) in [4.78, 5) is 14.0. The summed E-state index contributed by atoms with van der Waals surface area (Å²) in [6, 6.07) is 0. The summed E-state index contributed by atoms with van der Waals surface area (Å²) < 4.78 is 0. The Kier molecular flexibility index (Phi) is 3.53. The lowest BCUT2D eigenvalue weighted by Gasteiger charge is -2.38. The molecule has 1 saturated carbocycles. The quantitative estimate of drug-likeness (QED) is 0.787. The summed E-state index contributed by atoms with van der Waals surface area (Å²) in [5, 5.41) is 3.28. The molecule has 0 aromatic carbocycles. The van der Waals surface area contributed by atoms with E-state index in [0.717, 1.165) is 32.0 Å². The number of hydrogen-bond acceptors (Lipinski definition) is 2. The predicted molar refractivity (Wildman–Crippen MR) is 65.2 cm³/mol. The monoisotopic (exact) mass is 224 g/mol. The molecular weight excluding hydrogens is 200 g/mol. The van der Waals surface area contributed by atoms with Crippen molar-refractivity contribution in [1.29, 1.82) is 0 Å². The Hall–Kier alpha value is -0.570. The summed E-state index contributed by atoms with van der Waals surface area (Å²) in [5.74, 6) is 1.14. The van der Waals surface area contributed by atoms with Crippen LogP contribution < -0.4 is 5.32 Å². The van der Waals surface area contributed by atoms with Crippen molar-refractivity contribution in [3.8, 4) is 0 Å². The van der Waals surface area contributed by atoms with Gasteiger partial charge in [0.2, 0.25) is 5.91 Å². The third kappa shape index (κ3) is 3.48. The molecule has 0 atom stereocenters. The second-order valence-corrected chi connectivity index (χ2v) is 6.16. The molecule has 0 radical (unpaired) electrons. The zero-order valence-electron chi connectivity index (χ0n) is 10.6. The fourth-order valence-corrected chi connectivity index (χ4v) is 2.45. The van der Waals surface area contributed by atoms with Crippen LogP contribution in [0.4, 0.5) is 0 Å². The lowest BCUT2D eigenvalue weighted by atomic mass is 9.84. The topological polar surface area (TPSA) is 32.3 Å². The van der Waals surface area contributed by atoms with Gasteiger partial charge in [-0.05, 0) is 43.6 Å². The molecule has 0 bridgehead atoms. The highest BCUT2D eigenvalue weighted by molar-refractivity contribution is 5.78. The molecule has 2 aliphatic rings. The number of nitrogens with one attached hydrogen (secondary N) is 1. The van der Waals surface area contributed by atoms with E-state index < -0.39 is 0 Å². The maximum Gasteiger partial charge on any atom is 0.236 e. The highest BCUT2D eigenvalue weighted by Gasteiger charge is 2.29. The van der Waals surface area contributed by atoms with Crippen LogP contribution in [-0.2, 0) is 4.79 Å². The minimum absolute atomic E-state index is 0.286. The minimum Gasteiger partial charge on any atom is -0.341 e. The Morgan fingerprint density at radius 2 is 2.19 bits per heavy atom. The minimum atomic E-state index is 0.286. The maximum atomic E-state index is 12.0. The summed E-state index contributed by atoms with van der Waals surface area (Å²) >= 11 is 0. The normalized spacial score (nSPS) is 24.5. The van der Waals surface area contributed by atoms with Gasteiger partial charge in [-0.25, -0.2) is 0 Å². The number of nitrogens with zero attached hydrogens (tertiary/aromatic N) is 1. The molecule has 3 heteroatoms. The van der Waals surface area contributed by atoms with Crippen molar-refractivity contribution in [3.05, 3.63) is 0 Å². The fraction of sp³-hybridized carbons (Fsp3) is 0.923. The van der Waals surface area contributed by atoms with Crippen LogP contribution in [0, 0.1) is 11.3 Å². The van der Waals surface area contributed by atoms with E-state index in [9.17, 15) is 4.79 Å². The van der Waals surface area contributed by atoms with Crippen LogP contribution in [0.15, 0.2) is 0 Å². The number of carbonyl (C=O) groups excluding carboxylic acids is 1. The van der Waals surface area contributed by atoms with Crippen molar-refractivity contribution in [3.63, 3.8) is 0 Å². The van der Waals surface area contributed by atoms with E-state index in [1.165, 1.54) is 19.3 Å². The summed E-state index contributed by atoms with van der Waals surface area (Å²) in [6.07, 6.45) is 5.09. The zero-order chi connectivity index (χ0) is 11.6. The number of amides is 1. The molecule has 1 N–H and O–H groups in total. The van der Waals surface area contributed by atoms with Crippen molar-refractivity contribution >= 4 is 5.91 Å². The van der Waals surface area contributed by atoms with Gasteiger partial charge in [-0.2, -0.15) is 0 Å². The van der Waals surface area contributed by atoms with Crippen molar-refractivity contribution in [2.45, 2.75) is 39.5 Å². The number of likely N-dealkylation sites (tertiary alicyclic amines) is 1. The van der Waals surface area contributed by atoms with Gasteiger partial charge < -0.3 is 10.2 Å². The Bertz CT molecular complexity index is 259. The highest BCUT2D eigenvalue weighted by atomic mass is 16.2. The molecule has 1 amide bonds. The molecule has 1 aliphatic carbocycles. The average Bonchev–Trinajstić information content (AvgIpc) is 3.00. The van der Waals surface area contributed by atoms with Crippen molar-refractivity contribution in [2.75, 3.05) is 26.2 Å². The molecule has 2 fully saturated rings. The molecule has 0 unspecified atom stereocenters. The molecule has 2 rings (SSSR count). The van der Waals surface area contributed by atoms with Crippen molar-refractivity contribution in [1.82, 2.24) is 10.2 Å². The van der Waals surface area contributed by atoms with E-state index in [1.807, 2.05) is 4.90 Å². The van der Waals surface area contributed by atoms with Crippen LogP contribution in [0.5, 0.6) is 0 Å². The number of carbonyl (C=O) groups is 1. The first kappa shape index (κ1) is 11.9. The average molecular weight is 224 g/mol. The van der Waals surface area contributed by atoms with E-state index in [1.54, 1.807) is 0 Å². The number of hydrogen-bond donors (Lipinski definition) is 1. The summed E-state index contributed by atoms with van der Waals surface area (Å²) in [6.45, 7) is 7.95. The number of piperidine rings is 1. The Balaban J connectivity index is 1.70. The highest BCUT2D eigenvalue weighted by Crippen LogP contribution is 2.29. The molecular formula is C13H24N2O. The standard InChI is InChI=1S/C13H24N2O/c1-13(2)6-3-7-15(10-13)12(16)9-14-8-11-4-5-11/h11,14H,3-10H2,1-2H3. The van der Waals surface area contributed by atoms with E-state index in [4.69, 9.17) is 0 Å². The third-order valence-electron chi connectivity index (χ3n) is 3.66. The van der Waals surface area contributed by atoms with E-state index in [0.29, 0.717) is 12.0 Å². The molecule has 1 aliphatic heterocycles. The Labute approximate surface area is 98.6 Å². The first-order chi connectivity index (χ1) is 7.57. The Morgan fingerprint density at radius 3 is 2.81 bits per heavy atom. The smallest absolute Gasteiger partial charge is 0.236 e. The SMILES string of the molecule is CC1(C)CCCN(C(=O)CNCC2CC2)C1. The molecule has 0 aromatic rings. The van der Waals surface area contributed by atoms with E-state index in [2.05, 4.69) is 19.2 Å². The van der Waals surface area contributed by atoms with Gasteiger partial charge in [0.25, 0.3) is 0 Å². The lowest BCUT2D eigenvalue weighted by Crippen LogP contribution is -2.46. The zero-order valence-corrected chi connectivity index (χ0v) is 10.6. The Morgan fingerprint density at radius 1 is 1.44 bits per heavy atom. The van der Waals surface area contributed by atoms with Gasteiger partial charge >= 0.3 is 0 Å². The maximum absolute atomic E-state index is 12.0. The van der Waals surface area contributed by atoms with Crippen LogP contribution in [0.3, 0.4) is 0 Å². The molecule has 0 spiro atoms. The van der Waals surface area contributed by atoms with Crippen LogP contribution in [-0.4, -0.2) is 37.0 Å². The van der Waals surface area contributed by atoms with E-state index in [-0.39, 0.29) is 5.91 Å². The third-order valence-corrected chi connectivity index (χ3v) is 3.66. The van der Waals surface area contributed by atoms with Gasteiger partial charge in [0, 0.05) is 13.1 Å². The van der Waals surface area contributed by atoms with Crippen LogP contribution in [0.2, 0.25) is 0 Å². The van der Waals surface area contributed by atoms with Gasteiger partial charge in [0.05, 0.1) is 6.54 Å².